The Kier molecular flexibility index (Phi) is 5.17. The summed E-state index contributed by atoms with van der Waals surface area (Å²) in [4.78, 5) is 15.3. The number of thiophene rings is 3. The molecule has 0 amide bonds. The lowest BCUT2D eigenvalue weighted by Gasteiger charge is -2.13. The van der Waals surface area contributed by atoms with Crippen LogP contribution in [0.4, 0.5) is 0 Å². The molecule has 6 nitrogen and oxygen atoms in total. The molecule has 0 saturated carbocycles. The van der Waals surface area contributed by atoms with Gasteiger partial charge in [-0.1, -0.05) is 6.07 Å². The maximum absolute atomic E-state index is 10.1. The number of fused-ring (bicyclic) bond motifs is 1. The Labute approximate surface area is 196 Å². The minimum Gasteiger partial charge on any atom is -0.394 e. The number of aliphatic hydroxyl groups excluding tert-OH is 2. The summed E-state index contributed by atoms with van der Waals surface area (Å²) < 4.78 is 7.65. The number of aliphatic hydroxyl groups is 2. The summed E-state index contributed by atoms with van der Waals surface area (Å²) in [6.45, 7) is -0.210. The van der Waals surface area contributed by atoms with Crippen molar-refractivity contribution in [3.8, 4) is 29.9 Å². The third kappa shape index (κ3) is 3.42. The fourth-order valence-corrected chi connectivity index (χ4v) is 6.99. The Bertz CT molecular complexity index is 1370. The van der Waals surface area contributed by atoms with Gasteiger partial charge in [0.15, 0.2) is 5.65 Å². The molecule has 0 radical (unpaired) electrons. The first kappa shape index (κ1) is 20.2. The van der Waals surface area contributed by atoms with Crippen molar-refractivity contribution in [2.75, 3.05) is 6.61 Å². The van der Waals surface area contributed by atoms with E-state index in [0.717, 1.165) is 16.0 Å². The maximum Gasteiger partial charge on any atom is 0.162 e. The van der Waals surface area contributed by atoms with Gasteiger partial charge in [-0.3, -0.25) is 4.57 Å². The number of hydrogen-bond donors (Lipinski definition) is 2. The van der Waals surface area contributed by atoms with Crippen molar-refractivity contribution in [1.29, 1.82) is 0 Å². The Morgan fingerprint density at radius 2 is 1.72 bits per heavy atom. The average molecular weight is 482 g/mol. The molecule has 1 fully saturated rings. The van der Waals surface area contributed by atoms with Gasteiger partial charge in [0.05, 0.1) is 19.0 Å². The summed E-state index contributed by atoms with van der Waals surface area (Å²) in [5, 5.41) is 21.6. The second-order valence-electron chi connectivity index (χ2n) is 7.60. The molecule has 9 heteroatoms. The monoisotopic (exact) mass is 481 g/mol. The molecule has 6 rings (SSSR count). The van der Waals surface area contributed by atoms with Crippen LogP contribution < -0.4 is 0 Å². The number of rotatable bonds is 5. The van der Waals surface area contributed by atoms with Gasteiger partial charge in [-0.15, -0.1) is 34.0 Å². The molecule has 5 aromatic heterocycles. The lowest BCUT2D eigenvalue weighted by molar-refractivity contribution is -0.0432. The summed E-state index contributed by atoms with van der Waals surface area (Å²) in [5.41, 5.74) is 2.54. The molecule has 0 spiro atoms. The van der Waals surface area contributed by atoms with Crippen molar-refractivity contribution < 1.29 is 14.9 Å². The third-order valence-corrected chi connectivity index (χ3v) is 9.10. The molecule has 0 aliphatic carbocycles. The molecule has 1 saturated heterocycles. The zero-order chi connectivity index (χ0) is 21.7. The van der Waals surface area contributed by atoms with Crippen molar-refractivity contribution in [2.24, 2.45) is 0 Å². The number of aromatic nitrogens is 3. The van der Waals surface area contributed by atoms with Gasteiger partial charge < -0.3 is 14.9 Å². The van der Waals surface area contributed by atoms with Crippen LogP contribution in [0.3, 0.4) is 0 Å². The number of pyridine rings is 1. The van der Waals surface area contributed by atoms with Crippen LogP contribution in [-0.4, -0.2) is 43.6 Å². The molecular weight excluding hydrogens is 462 g/mol. The highest BCUT2D eigenvalue weighted by Gasteiger charge is 2.35. The second-order valence-corrected chi connectivity index (χ2v) is 10.7. The molecule has 0 bridgehead atoms. The number of imidazole rings is 1. The lowest BCUT2D eigenvalue weighted by Crippen LogP contribution is -2.24. The van der Waals surface area contributed by atoms with E-state index in [-0.39, 0.29) is 6.61 Å². The summed E-state index contributed by atoms with van der Waals surface area (Å²) in [6.07, 6.45) is 2.22. The fraction of sp³-hybridized carbons (Fsp3) is 0.217. The van der Waals surface area contributed by atoms with Crippen molar-refractivity contribution in [3.63, 3.8) is 0 Å². The van der Waals surface area contributed by atoms with Gasteiger partial charge in [0.1, 0.15) is 17.8 Å². The zero-order valence-electron chi connectivity index (χ0n) is 16.8. The first-order valence-electron chi connectivity index (χ1n) is 10.2. The Morgan fingerprint density at radius 1 is 0.969 bits per heavy atom. The molecule has 1 aliphatic rings. The standard InChI is InChI=1S/C23H19N3O3S3/c27-11-15-14(28)10-21(29-15)26-12-25-22-13(7-8-24-23(22)26)16-3-4-19(31-16)20-6-5-18(32-20)17-2-1-9-30-17/h1-9,12,14-15,21,27-28H,10-11H2/t14?,15-,21-/m1/s1. The van der Waals surface area contributed by atoms with Gasteiger partial charge in [-0.05, 0) is 41.8 Å². The molecular formula is C23H19N3O3S3. The van der Waals surface area contributed by atoms with E-state index < -0.39 is 18.4 Å². The van der Waals surface area contributed by atoms with Gasteiger partial charge >= 0.3 is 0 Å². The van der Waals surface area contributed by atoms with Gasteiger partial charge in [-0.2, -0.15) is 0 Å². The first-order valence-corrected chi connectivity index (χ1v) is 12.7. The van der Waals surface area contributed by atoms with E-state index in [0.29, 0.717) is 12.1 Å². The van der Waals surface area contributed by atoms with Gasteiger partial charge in [0, 0.05) is 42.6 Å². The highest BCUT2D eigenvalue weighted by Crippen LogP contribution is 2.42. The summed E-state index contributed by atoms with van der Waals surface area (Å²) in [5.74, 6) is 0. The van der Waals surface area contributed by atoms with E-state index in [1.165, 1.54) is 19.5 Å². The van der Waals surface area contributed by atoms with Gasteiger partial charge in [0.2, 0.25) is 0 Å². The SMILES string of the molecule is OC[C@H]1O[C@@H](n2cnc3c(-c4ccc(-c5ccc(-c6cccs6)s5)s4)ccnc32)CC1O. The minimum atomic E-state index is -0.699. The normalized spacial score (nSPS) is 21.0. The van der Waals surface area contributed by atoms with Crippen LogP contribution in [0.15, 0.2) is 60.4 Å². The summed E-state index contributed by atoms with van der Waals surface area (Å²) in [7, 11) is 0. The summed E-state index contributed by atoms with van der Waals surface area (Å²) in [6, 6.07) is 14.9. The Morgan fingerprint density at radius 3 is 2.44 bits per heavy atom. The van der Waals surface area contributed by atoms with Gasteiger partial charge in [-0.25, -0.2) is 9.97 Å². The van der Waals surface area contributed by atoms with Crippen LogP contribution >= 0.6 is 34.0 Å². The van der Waals surface area contributed by atoms with E-state index in [1.54, 1.807) is 35.2 Å². The lowest BCUT2D eigenvalue weighted by atomic mass is 10.2. The topological polar surface area (TPSA) is 80.4 Å². The fourth-order valence-electron chi connectivity index (χ4n) is 4.03. The van der Waals surface area contributed by atoms with Crippen LogP contribution in [0.2, 0.25) is 0 Å². The van der Waals surface area contributed by atoms with Crippen LogP contribution in [-0.2, 0) is 4.74 Å². The molecule has 3 atom stereocenters. The van der Waals surface area contributed by atoms with Crippen molar-refractivity contribution in [2.45, 2.75) is 24.9 Å². The number of hydrogen-bond acceptors (Lipinski definition) is 8. The molecule has 6 heterocycles. The molecule has 5 aromatic rings. The van der Waals surface area contributed by atoms with Crippen molar-refractivity contribution in [1.82, 2.24) is 14.5 Å². The quantitative estimate of drug-likeness (QED) is 0.358. The van der Waals surface area contributed by atoms with Crippen molar-refractivity contribution in [3.05, 3.63) is 60.4 Å². The first-order chi connectivity index (χ1) is 15.7. The minimum absolute atomic E-state index is 0.210. The highest BCUT2D eigenvalue weighted by atomic mass is 32.1. The number of nitrogens with zero attached hydrogens (tertiary/aromatic N) is 3. The van der Waals surface area contributed by atoms with E-state index in [2.05, 4.69) is 51.7 Å². The predicted molar refractivity (Wildman–Crippen MR) is 129 cm³/mol. The Balaban J connectivity index is 1.33. The predicted octanol–water partition coefficient (Wildman–Crippen LogP) is 5.26. The molecule has 1 aliphatic heterocycles. The van der Waals surface area contributed by atoms with Crippen LogP contribution in [0.1, 0.15) is 12.6 Å². The van der Waals surface area contributed by atoms with E-state index in [4.69, 9.17) is 4.74 Å². The van der Waals surface area contributed by atoms with E-state index in [1.807, 2.05) is 22.0 Å². The van der Waals surface area contributed by atoms with Crippen LogP contribution in [0.25, 0.3) is 41.1 Å². The van der Waals surface area contributed by atoms with Gasteiger partial charge in [0.25, 0.3) is 0 Å². The molecule has 32 heavy (non-hydrogen) atoms. The largest absolute Gasteiger partial charge is 0.394 e. The zero-order valence-corrected chi connectivity index (χ0v) is 19.2. The van der Waals surface area contributed by atoms with E-state index >= 15 is 0 Å². The smallest absolute Gasteiger partial charge is 0.162 e. The third-order valence-electron chi connectivity index (χ3n) is 5.64. The summed E-state index contributed by atoms with van der Waals surface area (Å²) >= 11 is 5.31. The average Bonchev–Trinajstić information content (AvgIpc) is 3.62. The second kappa shape index (κ2) is 8.18. The molecule has 1 unspecified atom stereocenters. The van der Waals surface area contributed by atoms with Crippen LogP contribution in [0.5, 0.6) is 0 Å². The van der Waals surface area contributed by atoms with E-state index in [9.17, 15) is 10.2 Å². The molecule has 162 valence electrons. The Hall–Kier alpha value is -2.40. The molecule has 2 N–H and O–H groups in total. The number of ether oxygens (including phenoxy) is 1. The maximum atomic E-state index is 10.1. The molecule has 0 aromatic carbocycles. The van der Waals surface area contributed by atoms with Crippen LogP contribution in [0, 0.1) is 0 Å². The highest BCUT2D eigenvalue weighted by molar-refractivity contribution is 7.27. The van der Waals surface area contributed by atoms with Crippen molar-refractivity contribution >= 4 is 45.2 Å².